The number of nitrogens with one attached hydrogen (secondary N) is 1. The summed E-state index contributed by atoms with van der Waals surface area (Å²) in [7, 11) is 1.95. The summed E-state index contributed by atoms with van der Waals surface area (Å²) < 4.78 is 0. The number of rotatable bonds is 3. The third kappa shape index (κ3) is 2.23. The summed E-state index contributed by atoms with van der Waals surface area (Å²) in [6.45, 7) is 0. The minimum Gasteiger partial charge on any atom is -0.309 e. The molecule has 0 bridgehead atoms. The summed E-state index contributed by atoms with van der Waals surface area (Å²) in [5.74, 6) is 0. The second kappa shape index (κ2) is 4.79. The van der Waals surface area contributed by atoms with Crippen LogP contribution in [0.3, 0.4) is 0 Å². The fourth-order valence-corrected chi connectivity index (χ4v) is 2.58. The number of thiophene rings is 1. The lowest BCUT2D eigenvalue weighted by Crippen LogP contribution is -2.17. The second-order valence-corrected chi connectivity index (χ2v) is 4.49. The van der Waals surface area contributed by atoms with E-state index in [0.717, 1.165) is 10.6 Å². The Labute approximate surface area is 98.7 Å². The van der Waals surface area contributed by atoms with Crippen molar-refractivity contribution in [2.24, 2.45) is 0 Å². The lowest BCUT2D eigenvalue weighted by molar-refractivity contribution is 0.694. The first-order valence-corrected chi connectivity index (χ1v) is 6.09. The monoisotopic (exact) mass is 237 g/mol. The normalized spacial score (nSPS) is 12.7. The Morgan fingerprint density at radius 1 is 1.27 bits per heavy atom. The molecular weight excluding hydrogens is 226 g/mol. The van der Waals surface area contributed by atoms with Gasteiger partial charge in [-0.3, -0.25) is 0 Å². The Morgan fingerprint density at radius 3 is 2.67 bits per heavy atom. The molecule has 1 aromatic carbocycles. The van der Waals surface area contributed by atoms with E-state index in [-0.39, 0.29) is 6.04 Å². The van der Waals surface area contributed by atoms with Gasteiger partial charge in [0.2, 0.25) is 0 Å². The summed E-state index contributed by atoms with van der Waals surface area (Å²) in [4.78, 5) is 0. The van der Waals surface area contributed by atoms with Gasteiger partial charge in [-0.25, -0.2) is 0 Å². The maximum absolute atomic E-state index is 6.18. The molecule has 2 rings (SSSR count). The zero-order chi connectivity index (χ0) is 10.7. The Bertz CT molecular complexity index is 425. The molecule has 78 valence electrons. The zero-order valence-corrected chi connectivity index (χ0v) is 9.98. The number of hydrogen-bond donors (Lipinski definition) is 1. The van der Waals surface area contributed by atoms with Crippen LogP contribution >= 0.6 is 22.9 Å². The molecule has 1 atom stereocenters. The minimum atomic E-state index is 0.185. The van der Waals surface area contributed by atoms with E-state index in [9.17, 15) is 0 Å². The molecule has 0 spiro atoms. The Balaban J connectivity index is 2.40. The maximum Gasteiger partial charge on any atom is 0.0597 e. The number of benzene rings is 1. The van der Waals surface area contributed by atoms with Crippen LogP contribution in [0.4, 0.5) is 0 Å². The fraction of sp³-hybridized carbons (Fsp3) is 0.167. The van der Waals surface area contributed by atoms with Crippen molar-refractivity contribution in [3.8, 4) is 0 Å². The van der Waals surface area contributed by atoms with Crippen molar-refractivity contribution in [3.63, 3.8) is 0 Å². The van der Waals surface area contributed by atoms with E-state index in [1.54, 1.807) is 11.3 Å². The van der Waals surface area contributed by atoms with Gasteiger partial charge in [0.05, 0.1) is 6.04 Å². The van der Waals surface area contributed by atoms with E-state index in [0.29, 0.717) is 0 Å². The first kappa shape index (κ1) is 10.7. The molecular formula is C12H12ClNS. The highest BCUT2D eigenvalue weighted by molar-refractivity contribution is 7.08. The first-order valence-electron chi connectivity index (χ1n) is 4.76. The van der Waals surface area contributed by atoms with E-state index in [2.05, 4.69) is 28.2 Å². The molecule has 15 heavy (non-hydrogen) atoms. The zero-order valence-electron chi connectivity index (χ0n) is 8.41. The molecule has 0 radical (unpaired) electrons. The quantitative estimate of drug-likeness (QED) is 0.858. The van der Waals surface area contributed by atoms with Crippen LogP contribution in [0.1, 0.15) is 17.2 Å². The van der Waals surface area contributed by atoms with Crippen LogP contribution in [0, 0.1) is 0 Å². The molecule has 1 heterocycles. The molecule has 3 heteroatoms. The van der Waals surface area contributed by atoms with E-state index >= 15 is 0 Å². The summed E-state index contributed by atoms with van der Waals surface area (Å²) in [5, 5.41) is 8.32. The second-order valence-electron chi connectivity index (χ2n) is 3.30. The third-order valence-corrected chi connectivity index (χ3v) is 3.43. The van der Waals surface area contributed by atoms with Crippen LogP contribution < -0.4 is 5.32 Å². The molecule has 1 N–H and O–H groups in total. The van der Waals surface area contributed by atoms with Crippen molar-refractivity contribution in [2.75, 3.05) is 7.05 Å². The molecule has 2 aromatic rings. The van der Waals surface area contributed by atoms with Gasteiger partial charge >= 0.3 is 0 Å². The molecule has 1 unspecified atom stereocenters. The largest absolute Gasteiger partial charge is 0.309 e. The summed E-state index contributed by atoms with van der Waals surface area (Å²) in [5.41, 5.74) is 2.38. The first-order chi connectivity index (χ1) is 7.33. The van der Waals surface area contributed by atoms with Crippen LogP contribution in [0.2, 0.25) is 5.02 Å². The predicted molar refractivity (Wildman–Crippen MR) is 66.7 cm³/mol. The van der Waals surface area contributed by atoms with Gasteiger partial charge in [-0.1, -0.05) is 29.8 Å². The predicted octanol–water partition coefficient (Wildman–Crippen LogP) is 3.71. The highest BCUT2D eigenvalue weighted by Gasteiger charge is 2.14. The molecule has 0 fully saturated rings. The van der Waals surface area contributed by atoms with Gasteiger partial charge in [-0.05, 0) is 41.1 Å². The number of halogens is 1. The average molecular weight is 238 g/mol. The van der Waals surface area contributed by atoms with E-state index in [4.69, 9.17) is 11.6 Å². The van der Waals surface area contributed by atoms with Crippen molar-refractivity contribution < 1.29 is 0 Å². The van der Waals surface area contributed by atoms with Gasteiger partial charge in [0.25, 0.3) is 0 Å². The Kier molecular flexibility index (Phi) is 3.41. The van der Waals surface area contributed by atoms with Crippen LogP contribution in [-0.4, -0.2) is 7.05 Å². The molecule has 0 amide bonds. The lowest BCUT2D eigenvalue weighted by atomic mass is 10.0. The number of hydrogen-bond acceptors (Lipinski definition) is 2. The summed E-state index contributed by atoms with van der Waals surface area (Å²) in [6.07, 6.45) is 0. The smallest absolute Gasteiger partial charge is 0.0597 e. The molecule has 1 aromatic heterocycles. The SMILES string of the molecule is CNC(c1ccsc1)c1ccccc1Cl. The van der Waals surface area contributed by atoms with Crippen molar-refractivity contribution in [1.82, 2.24) is 5.32 Å². The standard InChI is InChI=1S/C12H12ClNS/c1-14-12(9-6-7-15-8-9)10-4-2-3-5-11(10)13/h2-8,12,14H,1H3. The molecule has 1 nitrogen and oxygen atoms in total. The van der Waals surface area contributed by atoms with Crippen molar-refractivity contribution >= 4 is 22.9 Å². The fourth-order valence-electron chi connectivity index (χ4n) is 1.65. The molecule has 0 aliphatic rings. The van der Waals surface area contributed by atoms with Crippen LogP contribution in [0.5, 0.6) is 0 Å². The van der Waals surface area contributed by atoms with Crippen LogP contribution in [0.25, 0.3) is 0 Å². The van der Waals surface area contributed by atoms with Crippen LogP contribution in [0.15, 0.2) is 41.1 Å². The minimum absolute atomic E-state index is 0.185. The van der Waals surface area contributed by atoms with Gasteiger partial charge in [-0.2, -0.15) is 11.3 Å². The van der Waals surface area contributed by atoms with E-state index < -0.39 is 0 Å². The van der Waals surface area contributed by atoms with Crippen LogP contribution in [-0.2, 0) is 0 Å². The molecule has 0 saturated heterocycles. The van der Waals surface area contributed by atoms with E-state index in [1.807, 2.05) is 25.2 Å². The van der Waals surface area contributed by atoms with E-state index in [1.165, 1.54) is 5.56 Å². The van der Waals surface area contributed by atoms with Gasteiger partial charge < -0.3 is 5.32 Å². The summed E-state index contributed by atoms with van der Waals surface area (Å²) >= 11 is 7.88. The Morgan fingerprint density at radius 2 is 2.07 bits per heavy atom. The van der Waals surface area contributed by atoms with Crippen molar-refractivity contribution in [1.29, 1.82) is 0 Å². The maximum atomic E-state index is 6.18. The molecule has 0 aliphatic carbocycles. The highest BCUT2D eigenvalue weighted by atomic mass is 35.5. The highest BCUT2D eigenvalue weighted by Crippen LogP contribution is 2.28. The molecule has 0 aliphatic heterocycles. The van der Waals surface area contributed by atoms with Gasteiger partial charge in [0, 0.05) is 5.02 Å². The lowest BCUT2D eigenvalue weighted by Gasteiger charge is -2.16. The van der Waals surface area contributed by atoms with Gasteiger partial charge in [-0.15, -0.1) is 0 Å². The topological polar surface area (TPSA) is 12.0 Å². The average Bonchev–Trinajstić information content (AvgIpc) is 2.75. The third-order valence-electron chi connectivity index (χ3n) is 2.38. The van der Waals surface area contributed by atoms with Gasteiger partial charge in [0.1, 0.15) is 0 Å². The van der Waals surface area contributed by atoms with Gasteiger partial charge in [0.15, 0.2) is 0 Å². The molecule has 0 saturated carbocycles. The summed E-state index contributed by atoms with van der Waals surface area (Å²) in [6, 6.07) is 10.2. The van der Waals surface area contributed by atoms with Crippen molar-refractivity contribution in [2.45, 2.75) is 6.04 Å². The Hall–Kier alpha value is -0.830. The van der Waals surface area contributed by atoms with Crippen molar-refractivity contribution in [3.05, 3.63) is 57.2 Å².